The lowest BCUT2D eigenvalue weighted by Gasteiger charge is -2.28. The van der Waals surface area contributed by atoms with E-state index in [1.54, 1.807) is 12.3 Å². The third kappa shape index (κ3) is 4.08. The average molecular weight is 393 g/mol. The number of aromatic amines is 1. The maximum absolute atomic E-state index is 12.4. The molecular weight excluding hydrogens is 370 g/mol. The molecule has 150 valence electrons. The Hall–Kier alpha value is -3.36. The quantitative estimate of drug-likeness (QED) is 0.555. The van der Waals surface area contributed by atoms with Crippen LogP contribution in [0.25, 0.3) is 16.5 Å². The van der Waals surface area contributed by atoms with Gasteiger partial charge in [-0.2, -0.15) is 0 Å². The minimum atomic E-state index is -0.209. The fourth-order valence-electron chi connectivity index (χ4n) is 3.35. The van der Waals surface area contributed by atoms with Gasteiger partial charge < -0.3 is 19.9 Å². The highest BCUT2D eigenvalue weighted by atomic mass is 16.6. The largest absolute Gasteiger partial charge is 0.378 e. The molecule has 0 radical (unpaired) electrons. The number of anilines is 3. The van der Waals surface area contributed by atoms with Crippen LogP contribution in [0.4, 0.5) is 17.2 Å². The van der Waals surface area contributed by atoms with Gasteiger partial charge in [-0.15, -0.1) is 0 Å². The van der Waals surface area contributed by atoms with Crippen LogP contribution in [-0.2, 0) is 9.57 Å². The van der Waals surface area contributed by atoms with Crippen LogP contribution in [0.2, 0.25) is 0 Å². The van der Waals surface area contributed by atoms with E-state index in [2.05, 4.69) is 44.4 Å². The van der Waals surface area contributed by atoms with Crippen molar-refractivity contribution in [1.82, 2.24) is 15.4 Å². The van der Waals surface area contributed by atoms with Crippen molar-refractivity contribution in [2.24, 2.45) is 0 Å². The fourth-order valence-corrected chi connectivity index (χ4v) is 3.35. The smallest absolute Gasteiger partial charge is 0.259 e. The van der Waals surface area contributed by atoms with Crippen molar-refractivity contribution in [3.63, 3.8) is 0 Å². The Bertz CT molecular complexity index is 1070. The summed E-state index contributed by atoms with van der Waals surface area (Å²) < 4.78 is 5.41. The van der Waals surface area contributed by atoms with Gasteiger partial charge in [0.1, 0.15) is 5.82 Å². The van der Waals surface area contributed by atoms with Gasteiger partial charge in [0, 0.05) is 30.7 Å². The number of ether oxygens (including phenoxy) is 1. The number of aromatic nitrogens is 2. The van der Waals surface area contributed by atoms with Crippen LogP contribution >= 0.6 is 0 Å². The molecule has 29 heavy (non-hydrogen) atoms. The third-order valence-electron chi connectivity index (χ3n) is 4.80. The van der Waals surface area contributed by atoms with Crippen molar-refractivity contribution >= 4 is 33.7 Å². The highest BCUT2D eigenvalue weighted by Gasteiger charge is 2.13. The summed E-state index contributed by atoms with van der Waals surface area (Å²) in [6.07, 6.45) is 1.61. The number of hydrogen-bond donors (Lipinski definition) is 3. The maximum Gasteiger partial charge on any atom is 0.259 e. The van der Waals surface area contributed by atoms with Crippen molar-refractivity contribution in [3.8, 4) is 0 Å². The van der Waals surface area contributed by atoms with E-state index < -0.39 is 0 Å². The van der Waals surface area contributed by atoms with Crippen LogP contribution in [0, 0.1) is 0 Å². The van der Waals surface area contributed by atoms with Crippen LogP contribution in [0.1, 0.15) is 5.69 Å². The topological polar surface area (TPSA) is 91.5 Å². The molecule has 0 bridgehead atoms. The van der Waals surface area contributed by atoms with Crippen molar-refractivity contribution in [3.05, 3.63) is 65.2 Å². The molecule has 8 heteroatoms. The Morgan fingerprint density at radius 3 is 2.72 bits per heavy atom. The molecule has 1 saturated heterocycles. The summed E-state index contributed by atoms with van der Waals surface area (Å²) in [5, 5.41) is 4.51. The van der Waals surface area contributed by atoms with Gasteiger partial charge in [0.15, 0.2) is 0 Å². The van der Waals surface area contributed by atoms with Crippen LogP contribution in [0.3, 0.4) is 0 Å². The standard InChI is InChI=1S/C21H23N5O3/c1-14(25-28-2)18-13-15-7-8-22-21(27)19(15)20(24-18)23-16-3-5-17(6-4-16)26-9-11-29-12-10-26/h3-8,13,25H,1,9-12H2,2H3,(H,22,27)(H,23,24). The number of hydroxylamine groups is 1. The van der Waals surface area contributed by atoms with E-state index in [0.29, 0.717) is 22.6 Å². The summed E-state index contributed by atoms with van der Waals surface area (Å²) in [6, 6.07) is 11.7. The molecule has 2 aromatic heterocycles. The van der Waals surface area contributed by atoms with Crippen LogP contribution < -0.4 is 21.3 Å². The molecule has 1 aliphatic rings. The Kier molecular flexibility index (Phi) is 5.46. The monoisotopic (exact) mass is 393 g/mol. The zero-order chi connectivity index (χ0) is 20.2. The van der Waals surface area contributed by atoms with Crippen molar-refractivity contribution in [2.45, 2.75) is 0 Å². The number of nitrogens with one attached hydrogen (secondary N) is 3. The molecule has 3 N–H and O–H groups in total. The lowest BCUT2D eigenvalue weighted by atomic mass is 10.1. The molecule has 4 rings (SSSR count). The SMILES string of the molecule is C=C(NOC)c1cc2cc[nH]c(=O)c2c(Nc2ccc(N3CCOCC3)cc2)n1. The van der Waals surface area contributed by atoms with Gasteiger partial charge in [-0.3, -0.25) is 15.1 Å². The Labute approximate surface area is 168 Å². The first kappa shape index (κ1) is 19.0. The number of nitrogens with zero attached hydrogens (tertiary/aromatic N) is 2. The summed E-state index contributed by atoms with van der Waals surface area (Å²) in [7, 11) is 1.51. The molecule has 0 aliphatic carbocycles. The first-order valence-corrected chi connectivity index (χ1v) is 9.36. The molecule has 1 fully saturated rings. The highest BCUT2D eigenvalue weighted by molar-refractivity contribution is 5.94. The minimum absolute atomic E-state index is 0.209. The first-order chi connectivity index (χ1) is 14.2. The van der Waals surface area contributed by atoms with E-state index in [4.69, 9.17) is 9.57 Å². The predicted molar refractivity (Wildman–Crippen MR) is 114 cm³/mol. The Morgan fingerprint density at radius 1 is 1.24 bits per heavy atom. The molecule has 1 aromatic carbocycles. The van der Waals surface area contributed by atoms with Crippen LogP contribution in [-0.4, -0.2) is 43.4 Å². The highest BCUT2D eigenvalue weighted by Crippen LogP contribution is 2.26. The van der Waals surface area contributed by atoms with Crippen LogP contribution in [0.5, 0.6) is 0 Å². The van der Waals surface area contributed by atoms with E-state index in [-0.39, 0.29) is 5.56 Å². The molecule has 1 aliphatic heterocycles. The molecule has 0 unspecified atom stereocenters. The van der Waals surface area contributed by atoms with Gasteiger partial charge in [-0.1, -0.05) is 6.58 Å². The number of benzene rings is 1. The molecule has 8 nitrogen and oxygen atoms in total. The van der Waals surface area contributed by atoms with Gasteiger partial charge in [0.25, 0.3) is 5.56 Å². The number of fused-ring (bicyclic) bond motifs is 1. The second kappa shape index (κ2) is 8.34. The van der Waals surface area contributed by atoms with Gasteiger partial charge in [0.2, 0.25) is 0 Å². The van der Waals surface area contributed by atoms with Gasteiger partial charge in [-0.05, 0) is 41.8 Å². The van der Waals surface area contributed by atoms with E-state index in [0.717, 1.165) is 43.1 Å². The molecule has 0 atom stereocenters. The summed E-state index contributed by atoms with van der Waals surface area (Å²) in [4.78, 5) is 27.0. The summed E-state index contributed by atoms with van der Waals surface area (Å²) in [5.41, 5.74) is 5.54. The van der Waals surface area contributed by atoms with E-state index in [9.17, 15) is 4.79 Å². The lowest BCUT2D eigenvalue weighted by Crippen LogP contribution is -2.36. The predicted octanol–water partition coefficient (Wildman–Crippen LogP) is 2.63. The number of hydrogen-bond acceptors (Lipinski definition) is 7. The van der Waals surface area contributed by atoms with E-state index >= 15 is 0 Å². The fraction of sp³-hybridized carbons (Fsp3) is 0.238. The average Bonchev–Trinajstić information content (AvgIpc) is 2.75. The number of morpholine rings is 1. The van der Waals surface area contributed by atoms with E-state index in [1.165, 1.54) is 7.11 Å². The van der Waals surface area contributed by atoms with Gasteiger partial charge >= 0.3 is 0 Å². The van der Waals surface area contributed by atoms with Crippen LogP contribution in [0.15, 0.2) is 54.0 Å². The van der Waals surface area contributed by atoms with Crippen molar-refractivity contribution in [1.29, 1.82) is 0 Å². The Morgan fingerprint density at radius 2 is 2.00 bits per heavy atom. The van der Waals surface area contributed by atoms with Crippen molar-refractivity contribution in [2.75, 3.05) is 43.6 Å². The second-order valence-corrected chi connectivity index (χ2v) is 6.68. The summed E-state index contributed by atoms with van der Waals surface area (Å²) in [5.74, 6) is 0.456. The zero-order valence-corrected chi connectivity index (χ0v) is 16.2. The first-order valence-electron chi connectivity index (χ1n) is 9.36. The maximum atomic E-state index is 12.4. The normalized spacial score (nSPS) is 14.0. The molecule has 0 amide bonds. The molecule has 0 spiro atoms. The number of H-pyrrole nitrogens is 1. The number of pyridine rings is 2. The minimum Gasteiger partial charge on any atom is -0.378 e. The van der Waals surface area contributed by atoms with Gasteiger partial charge in [-0.25, -0.2) is 4.98 Å². The summed E-state index contributed by atoms with van der Waals surface area (Å²) >= 11 is 0. The van der Waals surface area contributed by atoms with E-state index in [1.807, 2.05) is 18.2 Å². The Balaban J connectivity index is 1.67. The van der Waals surface area contributed by atoms with Crippen molar-refractivity contribution < 1.29 is 9.57 Å². The van der Waals surface area contributed by atoms with Gasteiger partial charge in [0.05, 0.1) is 37.1 Å². The molecule has 0 saturated carbocycles. The zero-order valence-electron chi connectivity index (χ0n) is 16.2. The summed E-state index contributed by atoms with van der Waals surface area (Å²) in [6.45, 7) is 7.17. The molecule has 3 aromatic rings. The molecular formula is C21H23N5O3. The lowest BCUT2D eigenvalue weighted by molar-refractivity contribution is 0.122. The third-order valence-corrected chi connectivity index (χ3v) is 4.80. The number of rotatable bonds is 6. The second-order valence-electron chi connectivity index (χ2n) is 6.68. The molecule has 3 heterocycles.